The number of carbonyl (C=O) groups is 1. The summed E-state index contributed by atoms with van der Waals surface area (Å²) < 4.78 is 0. The van der Waals surface area contributed by atoms with Gasteiger partial charge in [0.05, 0.1) is 0 Å². The van der Waals surface area contributed by atoms with E-state index in [1.54, 1.807) is 0 Å². The van der Waals surface area contributed by atoms with Crippen LogP contribution in [0.5, 0.6) is 0 Å². The van der Waals surface area contributed by atoms with Crippen LogP contribution in [0, 0.1) is 11.8 Å². The van der Waals surface area contributed by atoms with Crippen LogP contribution in [0.15, 0.2) is 12.2 Å². The van der Waals surface area contributed by atoms with Gasteiger partial charge in [0.2, 0.25) is 5.91 Å². The Morgan fingerprint density at radius 3 is 3.29 bits per heavy atom. The number of nitrogens with zero attached hydrogens (tertiary/aromatic N) is 1. The maximum absolute atomic E-state index is 11.8. The first-order valence-electron chi connectivity index (χ1n) is 5.81. The third-order valence-corrected chi connectivity index (χ3v) is 4.02. The number of amides is 1. The van der Waals surface area contributed by atoms with Gasteiger partial charge in [-0.25, -0.2) is 0 Å². The van der Waals surface area contributed by atoms with Gasteiger partial charge in [0.15, 0.2) is 0 Å². The minimum Gasteiger partial charge on any atom is -0.339 e. The van der Waals surface area contributed by atoms with Crippen molar-refractivity contribution in [1.82, 2.24) is 4.90 Å². The number of allylic oxidation sites excluding steroid dienone is 1. The lowest BCUT2D eigenvalue weighted by atomic mass is 9.75. The number of hydrogen-bond acceptors (Lipinski definition) is 1. The van der Waals surface area contributed by atoms with Crippen LogP contribution >= 0.6 is 0 Å². The van der Waals surface area contributed by atoms with Gasteiger partial charge in [-0.15, -0.1) is 0 Å². The van der Waals surface area contributed by atoms with Crippen LogP contribution in [0.4, 0.5) is 0 Å². The molecule has 0 aromatic rings. The van der Waals surface area contributed by atoms with Crippen molar-refractivity contribution in [2.75, 3.05) is 6.54 Å². The van der Waals surface area contributed by atoms with E-state index in [9.17, 15) is 4.79 Å². The minimum atomic E-state index is 0.409. The zero-order chi connectivity index (χ0) is 9.54. The maximum atomic E-state index is 11.8. The van der Waals surface area contributed by atoms with Crippen molar-refractivity contribution >= 4 is 5.91 Å². The highest BCUT2D eigenvalue weighted by atomic mass is 16.2. The lowest BCUT2D eigenvalue weighted by molar-refractivity contribution is -0.141. The average Bonchev–Trinajstić information content (AvgIpc) is 2.20. The third-order valence-electron chi connectivity index (χ3n) is 4.02. The summed E-state index contributed by atoms with van der Waals surface area (Å²) in [5.41, 5.74) is 0. The van der Waals surface area contributed by atoms with Gasteiger partial charge in [-0.2, -0.15) is 0 Å². The van der Waals surface area contributed by atoms with E-state index in [1.165, 1.54) is 19.3 Å². The largest absolute Gasteiger partial charge is 0.339 e. The molecule has 2 nitrogen and oxygen atoms in total. The van der Waals surface area contributed by atoms with E-state index < -0.39 is 0 Å². The van der Waals surface area contributed by atoms with E-state index in [4.69, 9.17) is 0 Å². The SMILES string of the molecule is O=C1CCC[C@@H]2[C@@H]3C=CC[C@@H](C3)CN12. The van der Waals surface area contributed by atoms with Crippen LogP contribution in [-0.4, -0.2) is 23.4 Å². The Bertz CT molecular complexity index is 284. The quantitative estimate of drug-likeness (QED) is 0.536. The van der Waals surface area contributed by atoms with Gasteiger partial charge in [0.25, 0.3) is 0 Å². The van der Waals surface area contributed by atoms with Crippen LogP contribution in [0.1, 0.15) is 32.1 Å². The molecule has 76 valence electrons. The van der Waals surface area contributed by atoms with E-state index in [0.29, 0.717) is 17.9 Å². The molecule has 0 aromatic carbocycles. The Balaban J connectivity index is 1.88. The normalized spacial score (nSPS) is 41.0. The van der Waals surface area contributed by atoms with Gasteiger partial charge in [-0.3, -0.25) is 4.79 Å². The van der Waals surface area contributed by atoms with E-state index in [-0.39, 0.29) is 0 Å². The molecule has 0 radical (unpaired) electrons. The molecule has 2 saturated heterocycles. The number of piperidine rings is 2. The highest BCUT2D eigenvalue weighted by molar-refractivity contribution is 5.77. The predicted molar refractivity (Wildman–Crippen MR) is 54.7 cm³/mol. The highest BCUT2D eigenvalue weighted by Gasteiger charge is 2.39. The lowest BCUT2D eigenvalue weighted by Crippen LogP contribution is -2.53. The molecule has 1 amide bonds. The molecule has 3 rings (SSSR count). The van der Waals surface area contributed by atoms with Crippen LogP contribution in [0.25, 0.3) is 0 Å². The number of carbonyl (C=O) groups excluding carboxylic acids is 1. The number of hydrogen-bond donors (Lipinski definition) is 0. The summed E-state index contributed by atoms with van der Waals surface area (Å²) in [5, 5.41) is 0. The highest BCUT2D eigenvalue weighted by Crippen LogP contribution is 2.38. The van der Waals surface area contributed by atoms with Crippen molar-refractivity contribution < 1.29 is 4.79 Å². The van der Waals surface area contributed by atoms with Crippen molar-refractivity contribution in [3.8, 4) is 0 Å². The first kappa shape index (κ1) is 8.51. The van der Waals surface area contributed by atoms with Gasteiger partial charge in [0, 0.05) is 19.0 Å². The summed E-state index contributed by atoms with van der Waals surface area (Å²) >= 11 is 0. The van der Waals surface area contributed by atoms with Crippen LogP contribution in [0.3, 0.4) is 0 Å². The summed E-state index contributed by atoms with van der Waals surface area (Å²) in [5.74, 6) is 1.83. The monoisotopic (exact) mass is 191 g/mol. The van der Waals surface area contributed by atoms with Crippen LogP contribution < -0.4 is 0 Å². The second-order valence-electron chi connectivity index (χ2n) is 4.94. The van der Waals surface area contributed by atoms with Gasteiger partial charge >= 0.3 is 0 Å². The maximum Gasteiger partial charge on any atom is 0.222 e. The molecule has 2 aliphatic heterocycles. The molecule has 3 aliphatic rings. The zero-order valence-corrected chi connectivity index (χ0v) is 8.48. The molecule has 0 saturated carbocycles. The molecular weight excluding hydrogens is 174 g/mol. The van der Waals surface area contributed by atoms with E-state index in [1.807, 2.05) is 0 Å². The number of rotatable bonds is 0. The molecule has 2 bridgehead atoms. The molecular formula is C12H17NO. The second-order valence-corrected chi connectivity index (χ2v) is 4.94. The molecule has 14 heavy (non-hydrogen) atoms. The zero-order valence-electron chi connectivity index (χ0n) is 8.48. The molecule has 0 unspecified atom stereocenters. The smallest absolute Gasteiger partial charge is 0.222 e. The van der Waals surface area contributed by atoms with E-state index >= 15 is 0 Å². The summed E-state index contributed by atoms with van der Waals surface area (Å²) in [6.07, 6.45) is 10.3. The summed E-state index contributed by atoms with van der Waals surface area (Å²) in [6, 6.07) is 0.545. The lowest BCUT2D eigenvalue weighted by Gasteiger charge is -2.47. The van der Waals surface area contributed by atoms with Crippen LogP contribution in [-0.2, 0) is 4.79 Å². The Morgan fingerprint density at radius 1 is 1.43 bits per heavy atom. The standard InChI is InChI=1S/C12H17NO/c14-12-6-2-5-11-10-4-1-3-9(7-10)8-13(11)12/h1,4,9-11H,2-3,5-8H2/t9-,10+,11+/m0/s1. The first-order valence-corrected chi connectivity index (χ1v) is 5.81. The molecule has 0 N–H and O–H groups in total. The Morgan fingerprint density at radius 2 is 2.36 bits per heavy atom. The van der Waals surface area contributed by atoms with Crippen molar-refractivity contribution in [2.24, 2.45) is 11.8 Å². The van der Waals surface area contributed by atoms with E-state index in [0.717, 1.165) is 25.3 Å². The Kier molecular flexibility index (Phi) is 1.89. The van der Waals surface area contributed by atoms with Gasteiger partial charge in [-0.05, 0) is 37.5 Å². The third kappa shape index (κ3) is 1.20. The molecule has 2 fully saturated rings. The van der Waals surface area contributed by atoms with E-state index in [2.05, 4.69) is 17.1 Å². The van der Waals surface area contributed by atoms with Gasteiger partial charge < -0.3 is 4.90 Å². The van der Waals surface area contributed by atoms with Crippen LogP contribution in [0.2, 0.25) is 0 Å². The molecule has 0 aromatic heterocycles. The topological polar surface area (TPSA) is 20.3 Å². The van der Waals surface area contributed by atoms with Gasteiger partial charge in [0.1, 0.15) is 0 Å². The summed E-state index contributed by atoms with van der Waals surface area (Å²) in [7, 11) is 0. The number of fused-ring (bicyclic) bond motifs is 4. The fourth-order valence-electron chi connectivity index (χ4n) is 3.35. The Hall–Kier alpha value is -0.790. The molecule has 1 aliphatic carbocycles. The molecule has 2 heteroatoms. The van der Waals surface area contributed by atoms with Crippen molar-refractivity contribution in [2.45, 2.75) is 38.1 Å². The average molecular weight is 191 g/mol. The molecule has 2 heterocycles. The summed E-state index contributed by atoms with van der Waals surface area (Å²) in [4.78, 5) is 13.9. The second kappa shape index (κ2) is 3.11. The first-order chi connectivity index (χ1) is 6.84. The fourth-order valence-corrected chi connectivity index (χ4v) is 3.35. The minimum absolute atomic E-state index is 0.409. The van der Waals surface area contributed by atoms with Crippen molar-refractivity contribution in [1.29, 1.82) is 0 Å². The summed E-state index contributed by atoms with van der Waals surface area (Å²) in [6.45, 7) is 1.03. The fraction of sp³-hybridized carbons (Fsp3) is 0.750. The molecule has 3 atom stereocenters. The molecule has 0 spiro atoms. The van der Waals surface area contributed by atoms with Gasteiger partial charge in [-0.1, -0.05) is 12.2 Å². The van der Waals surface area contributed by atoms with Crippen molar-refractivity contribution in [3.05, 3.63) is 12.2 Å². The van der Waals surface area contributed by atoms with Crippen molar-refractivity contribution in [3.63, 3.8) is 0 Å². The Labute approximate surface area is 85.0 Å². The predicted octanol–water partition coefficient (Wildman–Crippen LogP) is 1.96.